The smallest absolute Gasteiger partial charge is 0.221 e. The van der Waals surface area contributed by atoms with Crippen molar-refractivity contribution >= 4 is 27.5 Å². The minimum Gasteiger partial charge on any atom is -0.368 e. The van der Waals surface area contributed by atoms with Crippen molar-refractivity contribution in [1.29, 1.82) is 0 Å². The number of nitrogens with two attached hydrogens (primary N) is 1. The number of nitrogens with zero attached hydrogens (tertiary/aromatic N) is 1. The fourth-order valence-electron chi connectivity index (χ4n) is 2.24. The summed E-state index contributed by atoms with van der Waals surface area (Å²) in [6.45, 7) is 2.24. The molecule has 1 amide bonds. The molecule has 5 heteroatoms. The van der Waals surface area contributed by atoms with Crippen LogP contribution in [-0.2, 0) is 4.79 Å². The highest BCUT2D eigenvalue weighted by atomic mass is 79.9. The normalized spacial score (nSPS) is 19.0. The molecular weight excluding hydrogens is 294 g/mol. The van der Waals surface area contributed by atoms with Gasteiger partial charge < -0.3 is 16.0 Å². The van der Waals surface area contributed by atoms with Crippen molar-refractivity contribution in [3.05, 3.63) is 28.7 Å². The predicted molar refractivity (Wildman–Crippen MR) is 76.6 cm³/mol. The number of carbonyl (C=O) groups excluding carboxylic acids is 1. The molecule has 0 radical (unpaired) electrons. The molecule has 98 valence electrons. The summed E-state index contributed by atoms with van der Waals surface area (Å²) in [6.07, 6.45) is 1.39. The average Bonchev–Trinajstić information content (AvgIpc) is 2.78. The monoisotopic (exact) mass is 311 g/mol. The van der Waals surface area contributed by atoms with Crippen LogP contribution in [0.2, 0.25) is 0 Å². The lowest BCUT2D eigenvalue weighted by atomic mass is 10.2. The van der Waals surface area contributed by atoms with Crippen LogP contribution in [0.1, 0.15) is 12.8 Å². The molecule has 2 rings (SSSR count). The van der Waals surface area contributed by atoms with E-state index in [0.29, 0.717) is 13.0 Å². The van der Waals surface area contributed by atoms with Gasteiger partial charge in [0, 0.05) is 36.6 Å². The Labute approximate surface area is 116 Å². The van der Waals surface area contributed by atoms with Crippen LogP contribution in [0.25, 0.3) is 0 Å². The van der Waals surface area contributed by atoms with E-state index in [-0.39, 0.29) is 11.9 Å². The molecule has 18 heavy (non-hydrogen) atoms. The Morgan fingerprint density at radius 3 is 3.00 bits per heavy atom. The molecule has 1 fully saturated rings. The summed E-state index contributed by atoms with van der Waals surface area (Å²) in [5, 5.41) is 3.02. The lowest BCUT2D eigenvalue weighted by molar-refractivity contribution is -0.121. The fraction of sp³-hybridized carbons (Fsp3) is 0.462. The minimum atomic E-state index is 0.0523. The van der Waals surface area contributed by atoms with Gasteiger partial charge in [-0.2, -0.15) is 0 Å². The zero-order valence-corrected chi connectivity index (χ0v) is 11.8. The molecule has 0 aromatic heterocycles. The Balaban J connectivity index is 1.92. The molecule has 0 saturated carbocycles. The van der Waals surface area contributed by atoms with Crippen LogP contribution in [0.4, 0.5) is 5.69 Å². The molecule has 1 aromatic carbocycles. The van der Waals surface area contributed by atoms with Crippen LogP contribution in [0.15, 0.2) is 28.7 Å². The van der Waals surface area contributed by atoms with Gasteiger partial charge in [-0.05, 0) is 34.5 Å². The second-order valence-corrected chi connectivity index (χ2v) is 5.34. The van der Waals surface area contributed by atoms with Crippen LogP contribution >= 0.6 is 15.9 Å². The van der Waals surface area contributed by atoms with E-state index in [1.165, 1.54) is 5.69 Å². The van der Waals surface area contributed by atoms with Gasteiger partial charge in [-0.1, -0.05) is 12.1 Å². The third-order valence-corrected chi connectivity index (χ3v) is 3.79. The highest BCUT2D eigenvalue weighted by Crippen LogP contribution is 2.28. The SMILES string of the molecule is NCCC(=O)NC1CCN(c2ccccc2Br)C1. The van der Waals surface area contributed by atoms with E-state index in [1.54, 1.807) is 0 Å². The van der Waals surface area contributed by atoms with Gasteiger partial charge in [0.15, 0.2) is 0 Å². The first kappa shape index (κ1) is 13.4. The fourth-order valence-corrected chi connectivity index (χ4v) is 2.77. The maximum absolute atomic E-state index is 11.5. The van der Waals surface area contributed by atoms with E-state index in [0.717, 1.165) is 24.0 Å². The summed E-state index contributed by atoms with van der Waals surface area (Å²) in [7, 11) is 0. The van der Waals surface area contributed by atoms with Crippen LogP contribution in [-0.4, -0.2) is 31.6 Å². The molecule has 1 aliphatic heterocycles. The Kier molecular flexibility index (Phi) is 4.60. The van der Waals surface area contributed by atoms with Gasteiger partial charge in [-0.15, -0.1) is 0 Å². The second-order valence-electron chi connectivity index (χ2n) is 4.49. The lowest BCUT2D eigenvalue weighted by Gasteiger charge is -2.20. The summed E-state index contributed by atoms with van der Waals surface area (Å²) in [5.74, 6) is 0.0523. The first-order chi connectivity index (χ1) is 8.70. The minimum absolute atomic E-state index is 0.0523. The first-order valence-electron chi connectivity index (χ1n) is 6.19. The number of anilines is 1. The molecule has 1 heterocycles. The number of hydrogen-bond acceptors (Lipinski definition) is 3. The molecule has 1 aromatic rings. The number of halogens is 1. The zero-order valence-electron chi connectivity index (χ0n) is 10.2. The third kappa shape index (κ3) is 3.23. The summed E-state index contributed by atoms with van der Waals surface area (Å²) in [5.41, 5.74) is 6.55. The van der Waals surface area contributed by atoms with Crippen LogP contribution < -0.4 is 16.0 Å². The highest BCUT2D eigenvalue weighted by Gasteiger charge is 2.24. The van der Waals surface area contributed by atoms with Gasteiger partial charge in [-0.3, -0.25) is 4.79 Å². The topological polar surface area (TPSA) is 58.4 Å². The van der Waals surface area contributed by atoms with Crippen LogP contribution in [0.5, 0.6) is 0 Å². The van der Waals surface area contributed by atoms with Crippen molar-refractivity contribution in [1.82, 2.24) is 5.32 Å². The molecule has 0 spiro atoms. The van der Waals surface area contributed by atoms with E-state index >= 15 is 0 Å². The van der Waals surface area contributed by atoms with Gasteiger partial charge >= 0.3 is 0 Å². The highest BCUT2D eigenvalue weighted by molar-refractivity contribution is 9.10. The number of benzene rings is 1. The third-order valence-electron chi connectivity index (χ3n) is 3.12. The molecule has 0 aliphatic carbocycles. The molecule has 3 N–H and O–H groups in total. The van der Waals surface area contributed by atoms with Gasteiger partial charge in [0.1, 0.15) is 0 Å². The van der Waals surface area contributed by atoms with E-state index in [1.807, 2.05) is 18.2 Å². The molecule has 1 atom stereocenters. The Bertz CT molecular complexity index is 424. The Morgan fingerprint density at radius 1 is 1.50 bits per heavy atom. The molecule has 1 saturated heterocycles. The van der Waals surface area contributed by atoms with E-state index in [9.17, 15) is 4.79 Å². The molecule has 0 bridgehead atoms. The van der Waals surface area contributed by atoms with Crippen molar-refractivity contribution in [2.24, 2.45) is 5.73 Å². The van der Waals surface area contributed by atoms with E-state index in [2.05, 4.69) is 32.2 Å². The number of rotatable bonds is 4. The maximum atomic E-state index is 11.5. The van der Waals surface area contributed by atoms with Crippen LogP contribution in [0, 0.1) is 0 Å². The number of carbonyl (C=O) groups is 1. The van der Waals surface area contributed by atoms with Gasteiger partial charge in [0.2, 0.25) is 5.91 Å². The standard InChI is InChI=1S/C13H18BrN3O/c14-11-3-1-2-4-12(11)17-8-6-10(9-17)16-13(18)5-7-15/h1-4,10H,5-9,15H2,(H,16,18). The van der Waals surface area contributed by atoms with Crippen LogP contribution in [0.3, 0.4) is 0 Å². The van der Waals surface area contributed by atoms with Gasteiger partial charge in [-0.25, -0.2) is 0 Å². The Morgan fingerprint density at radius 2 is 2.28 bits per heavy atom. The molecule has 1 aliphatic rings. The number of amides is 1. The average molecular weight is 312 g/mol. The number of hydrogen-bond donors (Lipinski definition) is 2. The maximum Gasteiger partial charge on any atom is 0.221 e. The van der Waals surface area contributed by atoms with Crippen molar-refractivity contribution in [3.8, 4) is 0 Å². The largest absolute Gasteiger partial charge is 0.368 e. The van der Waals surface area contributed by atoms with Gasteiger partial charge in [0.25, 0.3) is 0 Å². The second kappa shape index (κ2) is 6.20. The summed E-state index contributed by atoms with van der Waals surface area (Å²) >= 11 is 3.56. The summed E-state index contributed by atoms with van der Waals surface area (Å²) in [6, 6.07) is 8.39. The van der Waals surface area contributed by atoms with Crippen molar-refractivity contribution < 1.29 is 4.79 Å². The van der Waals surface area contributed by atoms with Gasteiger partial charge in [0.05, 0.1) is 5.69 Å². The molecular formula is C13H18BrN3O. The van der Waals surface area contributed by atoms with Crippen molar-refractivity contribution in [2.75, 3.05) is 24.5 Å². The number of para-hydroxylation sites is 1. The zero-order chi connectivity index (χ0) is 13.0. The molecule has 4 nitrogen and oxygen atoms in total. The summed E-state index contributed by atoms with van der Waals surface area (Å²) < 4.78 is 1.10. The van der Waals surface area contributed by atoms with E-state index < -0.39 is 0 Å². The number of nitrogens with one attached hydrogen (secondary N) is 1. The first-order valence-corrected chi connectivity index (χ1v) is 6.99. The summed E-state index contributed by atoms with van der Waals surface area (Å²) in [4.78, 5) is 13.8. The quantitative estimate of drug-likeness (QED) is 0.886. The van der Waals surface area contributed by atoms with Crippen molar-refractivity contribution in [3.63, 3.8) is 0 Å². The molecule has 1 unspecified atom stereocenters. The predicted octanol–water partition coefficient (Wildman–Crippen LogP) is 1.49. The lowest BCUT2D eigenvalue weighted by Crippen LogP contribution is -2.37. The van der Waals surface area contributed by atoms with Crippen molar-refractivity contribution in [2.45, 2.75) is 18.9 Å². The van der Waals surface area contributed by atoms with E-state index in [4.69, 9.17) is 5.73 Å². The Hall–Kier alpha value is -1.07.